The number of imidazole rings is 1. The molecule has 2 aromatic rings. The van der Waals surface area contributed by atoms with Crippen molar-refractivity contribution >= 4 is 23.4 Å². The van der Waals surface area contributed by atoms with Crippen molar-refractivity contribution in [1.82, 2.24) is 19.6 Å². The molecule has 0 unspecified atom stereocenters. The normalized spacial score (nSPS) is 20.4. The van der Waals surface area contributed by atoms with Crippen molar-refractivity contribution in [3.8, 4) is 0 Å². The summed E-state index contributed by atoms with van der Waals surface area (Å²) in [6.07, 6.45) is 8.23. The van der Waals surface area contributed by atoms with Crippen LogP contribution in [-0.4, -0.2) is 51.0 Å². The third kappa shape index (κ3) is 4.04. The van der Waals surface area contributed by atoms with Gasteiger partial charge in [0.2, 0.25) is 0 Å². The van der Waals surface area contributed by atoms with Crippen molar-refractivity contribution in [1.29, 1.82) is 0 Å². The number of fused-ring (bicyclic) bond motifs is 1. The van der Waals surface area contributed by atoms with Crippen LogP contribution in [0.15, 0.2) is 30.6 Å². The van der Waals surface area contributed by atoms with Gasteiger partial charge in [-0.15, -0.1) is 0 Å². The number of amides is 2. The van der Waals surface area contributed by atoms with E-state index >= 15 is 0 Å². The monoisotopic (exact) mass is 346 g/mol. The highest BCUT2D eigenvalue weighted by molar-refractivity contribution is 7.99. The third-order valence-corrected chi connectivity index (χ3v) is 5.93. The maximum Gasteiger partial charge on any atom is 0.317 e. The predicted molar refractivity (Wildman–Crippen MR) is 99.6 cm³/mol. The smallest absolute Gasteiger partial charge is 0.317 e. The van der Waals surface area contributed by atoms with Crippen LogP contribution in [0.5, 0.6) is 0 Å². The molecule has 1 N–H and O–H groups in total. The zero-order chi connectivity index (χ0) is 16.9. The summed E-state index contributed by atoms with van der Waals surface area (Å²) in [5.41, 5.74) is 1.95. The SMILES string of the molecule is CCS[C@@H]1CC[C@@H](N(C)C(=O)NCCc2cn3ccccc3n2)C1. The highest BCUT2D eigenvalue weighted by Crippen LogP contribution is 2.32. The van der Waals surface area contributed by atoms with Crippen molar-refractivity contribution in [3.63, 3.8) is 0 Å². The number of nitrogens with zero attached hydrogens (tertiary/aromatic N) is 3. The molecule has 0 bridgehead atoms. The summed E-state index contributed by atoms with van der Waals surface area (Å²) in [6, 6.07) is 6.37. The molecule has 2 amide bonds. The van der Waals surface area contributed by atoms with Gasteiger partial charge in [0.05, 0.1) is 5.69 Å². The van der Waals surface area contributed by atoms with Gasteiger partial charge in [-0.25, -0.2) is 9.78 Å². The van der Waals surface area contributed by atoms with Crippen molar-refractivity contribution in [2.75, 3.05) is 19.3 Å². The Labute approximate surface area is 147 Å². The lowest BCUT2D eigenvalue weighted by atomic mass is 10.2. The molecule has 2 heterocycles. The predicted octanol–water partition coefficient (Wildman–Crippen LogP) is 3.19. The molecule has 0 saturated heterocycles. The summed E-state index contributed by atoms with van der Waals surface area (Å²) >= 11 is 2.02. The fourth-order valence-corrected chi connectivity index (χ4v) is 4.48. The summed E-state index contributed by atoms with van der Waals surface area (Å²) < 4.78 is 2.01. The number of carbonyl (C=O) groups excluding carboxylic acids is 1. The molecule has 6 heteroatoms. The number of urea groups is 1. The second-order valence-electron chi connectivity index (χ2n) is 6.34. The molecular weight excluding hydrogens is 320 g/mol. The molecule has 0 radical (unpaired) electrons. The van der Waals surface area contributed by atoms with Gasteiger partial charge in [0.25, 0.3) is 0 Å². The Hall–Kier alpha value is -1.69. The molecule has 5 nitrogen and oxygen atoms in total. The maximum atomic E-state index is 12.3. The van der Waals surface area contributed by atoms with Gasteiger partial charge in [-0.2, -0.15) is 11.8 Å². The standard InChI is InChI=1S/C18H26N4OS/c1-3-24-16-8-7-15(12-16)21(2)18(23)19-10-9-14-13-22-11-5-4-6-17(22)20-14/h4-6,11,13,15-16H,3,7-10,12H2,1-2H3,(H,19,23)/t15-,16-/m1/s1. The Morgan fingerprint density at radius 3 is 3.12 bits per heavy atom. The number of hydrogen-bond acceptors (Lipinski definition) is 3. The van der Waals surface area contributed by atoms with Crippen molar-refractivity contribution in [3.05, 3.63) is 36.3 Å². The lowest BCUT2D eigenvalue weighted by Crippen LogP contribution is -2.43. The molecule has 0 aliphatic heterocycles. The first-order chi connectivity index (χ1) is 11.7. The largest absolute Gasteiger partial charge is 0.338 e. The van der Waals surface area contributed by atoms with Crippen LogP contribution in [-0.2, 0) is 6.42 Å². The van der Waals surface area contributed by atoms with Gasteiger partial charge < -0.3 is 14.6 Å². The number of pyridine rings is 1. The van der Waals surface area contributed by atoms with Crippen LogP contribution in [0.4, 0.5) is 4.79 Å². The van der Waals surface area contributed by atoms with E-state index in [1.165, 1.54) is 6.42 Å². The summed E-state index contributed by atoms with van der Waals surface area (Å²) in [6.45, 7) is 2.82. The van der Waals surface area contributed by atoms with Crippen LogP contribution in [0.1, 0.15) is 31.9 Å². The molecule has 130 valence electrons. The fraction of sp³-hybridized carbons (Fsp3) is 0.556. The summed E-state index contributed by atoms with van der Waals surface area (Å²) in [4.78, 5) is 18.8. The number of carbonyl (C=O) groups is 1. The Kier molecular flexibility index (Phi) is 5.66. The molecule has 1 saturated carbocycles. The molecule has 1 aliphatic carbocycles. The van der Waals surface area contributed by atoms with E-state index in [1.807, 2.05) is 58.7 Å². The van der Waals surface area contributed by atoms with Gasteiger partial charge in [-0.05, 0) is 37.1 Å². The van der Waals surface area contributed by atoms with E-state index in [4.69, 9.17) is 0 Å². The highest BCUT2D eigenvalue weighted by atomic mass is 32.2. The van der Waals surface area contributed by atoms with E-state index in [2.05, 4.69) is 17.2 Å². The van der Waals surface area contributed by atoms with Crippen LogP contribution in [0.2, 0.25) is 0 Å². The topological polar surface area (TPSA) is 49.6 Å². The van der Waals surface area contributed by atoms with E-state index < -0.39 is 0 Å². The van der Waals surface area contributed by atoms with Gasteiger partial charge in [0.15, 0.2) is 0 Å². The molecule has 2 aromatic heterocycles. The van der Waals surface area contributed by atoms with Gasteiger partial charge in [-0.1, -0.05) is 13.0 Å². The first kappa shape index (κ1) is 17.1. The lowest BCUT2D eigenvalue weighted by Gasteiger charge is -2.25. The van der Waals surface area contributed by atoms with Gasteiger partial charge in [0.1, 0.15) is 5.65 Å². The van der Waals surface area contributed by atoms with Gasteiger partial charge >= 0.3 is 6.03 Å². The van der Waals surface area contributed by atoms with Crippen LogP contribution in [0.25, 0.3) is 5.65 Å². The van der Waals surface area contributed by atoms with Crippen LogP contribution in [0, 0.1) is 0 Å². The molecule has 3 rings (SSSR count). The minimum atomic E-state index is 0.0333. The Balaban J connectivity index is 1.45. The van der Waals surface area contributed by atoms with E-state index in [1.54, 1.807) is 0 Å². The second kappa shape index (κ2) is 7.92. The number of aromatic nitrogens is 2. The van der Waals surface area contributed by atoms with E-state index in [0.717, 1.165) is 36.4 Å². The van der Waals surface area contributed by atoms with E-state index in [0.29, 0.717) is 17.8 Å². The second-order valence-corrected chi connectivity index (χ2v) is 7.91. The van der Waals surface area contributed by atoms with Crippen LogP contribution >= 0.6 is 11.8 Å². The molecular formula is C18H26N4OS. The van der Waals surface area contributed by atoms with E-state index in [-0.39, 0.29) is 6.03 Å². The number of rotatable bonds is 6. The zero-order valence-corrected chi connectivity index (χ0v) is 15.3. The lowest BCUT2D eigenvalue weighted by molar-refractivity contribution is 0.191. The Morgan fingerprint density at radius 1 is 1.46 bits per heavy atom. The van der Waals surface area contributed by atoms with Crippen molar-refractivity contribution in [2.24, 2.45) is 0 Å². The fourth-order valence-electron chi connectivity index (χ4n) is 3.35. The highest BCUT2D eigenvalue weighted by Gasteiger charge is 2.29. The quantitative estimate of drug-likeness (QED) is 0.874. The van der Waals surface area contributed by atoms with Crippen LogP contribution in [0.3, 0.4) is 0 Å². The van der Waals surface area contributed by atoms with Crippen LogP contribution < -0.4 is 5.32 Å². The minimum Gasteiger partial charge on any atom is -0.338 e. The summed E-state index contributed by atoms with van der Waals surface area (Å²) in [5.74, 6) is 1.16. The molecule has 1 fully saturated rings. The molecule has 24 heavy (non-hydrogen) atoms. The van der Waals surface area contributed by atoms with E-state index in [9.17, 15) is 4.79 Å². The molecule has 2 atom stereocenters. The van der Waals surface area contributed by atoms with Crippen molar-refractivity contribution < 1.29 is 4.79 Å². The van der Waals surface area contributed by atoms with Gasteiger partial charge in [0, 0.05) is 43.7 Å². The first-order valence-corrected chi connectivity index (χ1v) is 9.77. The number of thioether (sulfide) groups is 1. The average molecular weight is 347 g/mol. The third-order valence-electron chi connectivity index (χ3n) is 4.70. The maximum absolute atomic E-state index is 12.3. The Bertz CT molecular complexity index is 653. The summed E-state index contributed by atoms with van der Waals surface area (Å²) in [5, 5.41) is 3.75. The summed E-state index contributed by atoms with van der Waals surface area (Å²) in [7, 11) is 1.92. The molecule has 0 spiro atoms. The number of hydrogen-bond donors (Lipinski definition) is 1. The zero-order valence-electron chi connectivity index (χ0n) is 14.4. The first-order valence-electron chi connectivity index (χ1n) is 8.72. The Morgan fingerprint density at radius 2 is 2.33 bits per heavy atom. The minimum absolute atomic E-state index is 0.0333. The molecule has 0 aromatic carbocycles. The number of nitrogens with one attached hydrogen (secondary N) is 1. The average Bonchev–Trinajstić information content (AvgIpc) is 3.20. The van der Waals surface area contributed by atoms with Gasteiger partial charge in [-0.3, -0.25) is 0 Å². The molecule has 1 aliphatic rings. The van der Waals surface area contributed by atoms with Crippen molar-refractivity contribution in [2.45, 2.75) is 43.9 Å².